The minimum absolute atomic E-state index is 0.191. The van der Waals surface area contributed by atoms with Crippen molar-refractivity contribution in [2.24, 2.45) is 5.10 Å². The highest BCUT2D eigenvalue weighted by molar-refractivity contribution is 9.10. The number of hydrogen-bond donors (Lipinski definition) is 0. The summed E-state index contributed by atoms with van der Waals surface area (Å²) in [5.74, 6) is -0.191. The van der Waals surface area contributed by atoms with E-state index in [0.717, 1.165) is 30.7 Å². The Morgan fingerprint density at radius 1 is 1.18 bits per heavy atom. The first-order chi connectivity index (χ1) is 13.5. The Hall–Kier alpha value is -2.35. The number of benzene rings is 2. The second-order valence-electron chi connectivity index (χ2n) is 6.30. The van der Waals surface area contributed by atoms with Gasteiger partial charge in [0.1, 0.15) is 0 Å². The lowest BCUT2D eigenvalue weighted by Crippen LogP contribution is -2.26. The zero-order valence-corrected chi connectivity index (χ0v) is 18.4. The molecule has 0 aliphatic rings. The molecule has 0 saturated heterocycles. The molecule has 2 aromatic heterocycles. The van der Waals surface area contributed by atoms with E-state index in [0.29, 0.717) is 10.7 Å². The van der Waals surface area contributed by atoms with Crippen LogP contribution in [0.15, 0.2) is 63.5 Å². The van der Waals surface area contributed by atoms with Gasteiger partial charge in [-0.2, -0.15) is 10.1 Å². The Morgan fingerprint density at radius 2 is 2.04 bits per heavy atom. The van der Waals surface area contributed by atoms with Crippen LogP contribution in [0.3, 0.4) is 0 Å². The molecule has 0 atom stereocenters. The van der Waals surface area contributed by atoms with Gasteiger partial charge in [0.25, 0.3) is 5.91 Å². The number of carbonyl (C=O) groups is 1. The summed E-state index contributed by atoms with van der Waals surface area (Å²) in [5, 5.41) is 8.42. The molecule has 2 heterocycles. The second-order valence-corrected chi connectivity index (χ2v) is 9.21. The summed E-state index contributed by atoms with van der Waals surface area (Å²) in [5.41, 5.74) is 3.50. The molecule has 1 amide bonds. The topological polar surface area (TPSA) is 45.6 Å². The van der Waals surface area contributed by atoms with Crippen molar-refractivity contribution in [3.63, 3.8) is 0 Å². The second kappa shape index (κ2) is 7.95. The van der Waals surface area contributed by atoms with Gasteiger partial charge in [0.2, 0.25) is 5.13 Å². The van der Waals surface area contributed by atoms with Crippen molar-refractivity contribution in [3.05, 3.63) is 80.0 Å². The van der Waals surface area contributed by atoms with Crippen LogP contribution < -0.4 is 5.01 Å². The average molecular weight is 470 g/mol. The molecule has 4 aromatic rings. The summed E-state index contributed by atoms with van der Waals surface area (Å²) in [6, 6.07) is 15.6. The maximum Gasteiger partial charge on any atom is 0.281 e. The quantitative estimate of drug-likeness (QED) is 0.255. The van der Waals surface area contributed by atoms with Gasteiger partial charge in [-0.25, -0.2) is 4.98 Å². The summed E-state index contributed by atoms with van der Waals surface area (Å²) in [7, 11) is 0. The molecule has 0 bridgehead atoms. The number of anilines is 1. The molecule has 0 aliphatic heterocycles. The minimum Gasteiger partial charge on any atom is -0.267 e. The number of carbonyl (C=O) groups excluding carboxylic acids is 1. The van der Waals surface area contributed by atoms with E-state index in [4.69, 9.17) is 0 Å². The first-order valence-electron chi connectivity index (χ1n) is 8.56. The van der Waals surface area contributed by atoms with Crippen molar-refractivity contribution < 1.29 is 4.79 Å². The number of amides is 1. The molecule has 28 heavy (non-hydrogen) atoms. The SMILES string of the molecule is Cc1ccc(C(=O)N(/N=C/c2cccs2)c2nc3ccc(Br)cc3s2)c(C)c1. The molecule has 0 radical (unpaired) electrons. The third kappa shape index (κ3) is 3.92. The highest BCUT2D eigenvalue weighted by Gasteiger charge is 2.22. The van der Waals surface area contributed by atoms with Gasteiger partial charge < -0.3 is 0 Å². The first kappa shape index (κ1) is 19.0. The summed E-state index contributed by atoms with van der Waals surface area (Å²) < 4.78 is 1.97. The zero-order valence-electron chi connectivity index (χ0n) is 15.2. The van der Waals surface area contributed by atoms with E-state index in [1.165, 1.54) is 16.3 Å². The third-order valence-corrected chi connectivity index (χ3v) is 6.46. The van der Waals surface area contributed by atoms with Crippen LogP contribution in [0.25, 0.3) is 10.2 Å². The normalized spacial score (nSPS) is 11.4. The van der Waals surface area contributed by atoms with Gasteiger partial charge in [0.05, 0.1) is 16.4 Å². The molecule has 4 nitrogen and oxygen atoms in total. The average Bonchev–Trinajstić information content (AvgIpc) is 3.31. The lowest BCUT2D eigenvalue weighted by Gasteiger charge is -2.15. The number of hydrogen-bond acceptors (Lipinski definition) is 5. The Labute approximate surface area is 179 Å². The molecule has 0 unspecified atom stereocenters. The number of nitrogens with zero attached hydrogens (tertiary/aromatic N) is 3. The predicted octanol–water partition coefficient (Wildman–Crippen LogP) is 6.42. The molecule has 7 heteroatoms. The molecular formula is C21H16BrN3OS2. The van der Waals surface area contributed by atoms with Crippen LogP contribution in [0.5, 0.6) is 0 Å². The highest BCUT2D eigenvalue weighted by atomic mass is 79.9. The molecule has 0 fully saturated rings. The molecule has 0 saturated carbocycles. The maximum absolute atomic E-state index is 13.4. The van der Waals surface area contributed by atoms with E-state index in [2.05, 4.69) is 26.0 Å². The first-order valence-corrected chi connectivity index (χ1v) is 11.1. The number of aryl methyl sites for hydroxylation is 2. The fraction of sp³-hybridized carbons (Fsp3) is 0.0952. The van der Waals surface area contributed by atoms with Crippen molar-refractivity contribution in [1.29, 1.82) is 0 Å². The molecule has 4 rings (SSSR count). The number of rotatable bonds is 4. The fourth-order valence-corrected chi connectivity index (χ4v) is 4.87. The van der Waals surface area contributed by atoms with Crippen LogP contribution in [-0.2, 0) is 0 Å². The Balaban J connectivity index is 1.79. The number of halogens is 1. The van der Waals surface area contributed by atoms with Gasteiger partial charge in [-0.15, -0.1) is 11.3 Å². The van der Waals surface area contributed by atoms with Crippen LogP contribution in [0.2, 0.25) is 0 Å². The third-order valence-electron chi connectivity index (χ3n) is 4.17. The van der Waals surface area contributed by atoms with E-state index in [9.17, 15) is 4.79 Å². The van der Waals surface area contributed by atoms with Crippen molar-refractivity contribution in [1.82, 2.24) is 4.98 Å². The van der Waals surface area contributed by atoms with Crippen molar-refractivity contribution in [2.75, 3.05) is 5.01 Å². The molecule has 0 N–H and O–H groups in total. The largest absolute Gasteiger partial charge is 0.281 e. The maximum atomic E-state index is 13.4. The number of hydrazone groups is 1. The monoisotopic (exact) mass is 469 g/mol. The zero-order chi connectivity index (χ0) is 19.7. The van der Waals surface area contributed by atoms with Gasteiger partial charge in [-0.05, 0) is 55.1 Å². The summed E-state index contributed by atoms with van der Waals surface area (Å²) in [6.45, 7) is 3.95. The van der Waals surface area contributed by atoms with Crippen molar-refractivity contribution >= 4 is 66.1 Å². The highest BCUT2D eigenvalue weighted by Crippen LogP contribution is 2.32. The number of aromatic nitrogens is 1. The minimum atomic E-state index is -0.191. The Morgan fingerprint density at radius 3 is 2.79 bits per heavy atom. The Kier molecular flexibility index (Phi) is 5.39. The van der Waals surface area contributed by atoms with Crippen LogP contribution in [0.1, 0.15) is 26.4 Å². The number of fused-ring (bicyclic) bond motifs is 1. The number of thiophene rings is 1. The molecule has 0 spiro atoms. The van der Waals surface area contributed by atoms with Gasteiger partial charge in [0.15, 0.2) is 0 Å². The van der Waals surface area contributed by atoms with E-state index in [-0.39, 0.29) is 5.91 Å². The molecule has 0 aliphatic carbocycles. The van der Waals surface area contributed by atoms with E-state index in [1.54, 1.807) is 17.6 Å². The van der Waals surface area contributed by atoms with Gasteiger partial charge in [-0.3, -0.25) is 4.79 Å². The summed E-state index contributed by atoms with van der Waals surface area (Å²) >= 11 is 6.50. The lowest BCUT2D eigenvalue weighted by atomic mass is 10.1. The van der Waals surface area contributed by atoms with Gasteiger partial charge >= 0.3 is 0 Å². The van der Waals surface area contributed by atoms with Crippen molar-refractivity contribution in [2.45, 2.75) is 13.8 Å². The summed E-state index contributed by atoms with van der Waals surface area (Å²) in [4.78, 5) is 19.0. The molecule has 140 valence electrons. The van der Waals surface area contributed by atoms with Crippen molar-refractivity contribution in [3.8, 4) is 0 Å². The molecular weight excluding hydrogens is 454 g/mol. The van der Waals surface area contributed by atoms with E-state index < -0.39 is 0 Å². The van der Waals surface area contributed by atoms with Gasteiger partial charge in [-0.1, -0.05) is 51.0 Å². The summed E-state index contributed by atoms with van der Waals surface area (Å²) in [6.07, 6.45) is 1.70. The van der Waals surface area contributed by atoms with Crippen LogP contribution in [0, 0.1) is 13.8 Å². The van der Waals surface area contributed by atoms with Crippen LogP contribution in [0.4, 0.5) is 5.13 Å². The Bertz CT molecular complexity index is 1180. The van der Waals surface area contributed by atoms with Crippen LogP contribution >= 0.6 is 38.6 Å². The van der Waals surface area contributed by atoms with Gasteiger partial charge in [0, 0.05) is 14.9 Å². The van der Waals surface area contributed by atoms with E-state index in [1.807, 2.05) is 67.8 Å². The van der Waals surface area contributed by atoms with E-state index >= 15 is 0 Å². The predicted molar refractivity (Wildman–Crippen MR) is 122 cm³/mol. The lowest BCUT2D eigenvalue weighted by molar-refractivity contribution is 0.0987. The number of thiazole rings is 1. The fourth-order valence-electron chi connectivity index (χ4n) is 2.81. The standard InChI is InChI=1S/C21H16BrN3OS2/c1-13-5-7-17(14(2)10-13)20(26)25(23-12-16-4-3-9-27-16)21-24-18-8-6-15(22)11-19(18)28-21/h3-12H,1-2H3/b23-12+. The molecule has 2 aromatic carbocycles. The smallest absolute Gasteiger partial charge is 0.267 e. The van der Waals surface area contributed by atoms with Crippen LogP contribution in [-0.4, -0.2) is 17.1 Å².